The third kappa shape index (κ3) is 8.51. The van der Waals surface area contributed by atoms with Crippen LogP contribution in [0.2, 0.25) is 0 Å². The molecule has 1 atom stereocenters. The summed E-state index contributed by atoms with van der Waals surface area (Å²) < 4.78 is 5.64. The number of anilines is 1. The monoisotopic (exact) mass is 346 g/mol. The van der Waals surface area contributed by atoms with E-state index in [-0.39, 0.29) is 18.3 Å². The van der Waals surface area contributed by atoms with Gasteiger partial charge in [-0.05, 0) is 55.0 Å². The molecule has 0 aliphatic carbocycles. The number of rotatable bonds is 9. The molecule has 1 rings (SSSR count). The largest absolute Gasteiger partial charge is 0.494 e. The van der Waals surface area contributed by atoms with Gasteiger partial charge in [0.15, 0.2) is 0 Å². The van der Waals surface area contributed by atoms with Crippen molar-refractivity contribution in [3.05, 3.63) is 24.3 Å². The van der Waals surface area contributed by atoms with Crippen molar-refractivity contribution < 1.29 is 9.53 Å². The van der Waals surface area contributed by atoms with E-state index in [0.717, 1.165) is 23.6 Å². The fraction of sp³-hybridized carbons (Fsp3) is 0.562. The number of hydrogen-bond donors (Lipinski definition) is 2. The minimum atomic E-state index is -0.459. The minimum Gasteiger partial charge on any atom is -0.494 e. The van der Waals surface area contributed by atoms with Crippen LogP contribution in [0.3, 0.4) is 0 Å². The maximum absolute atomic E-state index is 11.9. The van der Waals surface area contributed by atoms with E-state index in [1.54, 1.807) is 11.8 Å². The summed E-state index contributed by atoms with van der Waals surface area (Å²) in [7, 11) is 0. The number of nitrogens with one attached hydrogen (secondary N) is 1. The fourth-order valence-corrected chi connectivity index (χ4v) is 2.15. The highest BCUT2D eigenvalue weighted by atomic mass is 35.5. The fourth-order valence-electron chi connectivity index (χ4n) is 1.66. The highest BCUT2D eigenvalue weighted by molar-refractivity contribution is 7.98. The second-order valence-corrected chi connectivity index (χ2v) is 6.42. The van der Waals surface area contributed by atoms with Crippen molar-refractivity contribution in [2.45, 2.75) is 32.7 Å². The van der Waals surface area contributed by atoms with Crippen LogP contribution in [0, 0.1) is 5.92 Å². The molecule has 0 aliphatic heterocycles. The molecule has 0 heterocycles. The number of carbonyl (C=O) groups excluding carboxylic acids is 1. The molecule has 0 saturated carbocycles. The van der Waals surface area contributed by atoms with Gasteiger partial charge in [-0.25, -0.2) is 0 Å². The highest BCUT2D eigenvalue weighted by Gasteiger charge is 2.12. The second kappa shape index (κ2) is 11.6. The maximum Gasteiger partial charge on any atom is 0.241 e. The summed E-state index contributed by atoms with van der Waals surface area (Å²) >= 11 is 1.69. The molecule has 1 amide bonds. The summed E-state index contributed by atoms with van der Waals surface area (Å²) in [5, 5.41) is 2.82. The number of benzene rings is 1. The van der Waals surface area contributed by atoms with Gasteiger partial charge in [0.25, 0.3) is 0 Å². The van der Waals surface area contributed by atoms with Gasteiger partial charge in [0, 0.05) is 5.69 Å². The number of hydrogen-bond acceptors (Lipinski definition) is 4. The molecule has 0 aromatic heterocycles. The van der Waals surface area contributed by atoms with Crippen molar-refractivity contribution in [3.63, 3.8) is 0 Å². The van der Waals surface area contributed by atoms with Crippen LogP contribution >= 0.6 is 24.2 Å². The van der Waals surface area contributed by atoms with Crippen LogP contribution in [0.4, 0.5) is 5.69 Å². The molecule has 1 aromatic carbocycles. The summed E-state index contributed by atoms with van der Waals surface area (Å²) in [6.45, 7) is 5.05. The lowest BCUT2D eigenvalue weighted by molar-refractivity contribution is -0.117. The van der Waals surface area contributed by atoms with Crippen LogP contribution < -0.4 is 15.8 Å². The smallest absolute Gasteiger partial charge is 0.241 e. The van der Waals surface area contributed by atoms with Gasteiger partial charge in [-0.15, -0.1) is 12.4 Å². The van der Waals surface area contributed by atoms with Gasteiger partial charge >= 0.3 is 0 Å². The van der Waals surface area contributed by atoms with Crippen LogP contribution in [0.15, 0.2) is 24.3 Å². The van der Waals surface area contributed by atoms with Crippen molar-refractivity contribution >= 4 is 35.8 Å². The number of carbonyl (C=O) groups is 1. The van der Waals surface area contributed by atoms with Gasteiger partial charge < -0.3 is 15.8 Å². The summed E-state index contributed by atoms with van der Waals surface area (Å²) in [5.41, 5.74) is 6.57. The van der Waals surface area contributed by atoms with E-state index in [0.29, 0.717) is 18.9 Å². The molecule has 126 valence electrons. The van der Waals surface area contributed by atoms with Gasteiger partial charge in [0.05, 0.1) is 12.6 Å². The Balaban J connectivity index is 0.00000441. The summed E-state index contributed by atoms with van der Waals surface area (Å²) in [4.78, 5) is 11.9. The van der Waals surface area contributed by atoms with Gasteiger partial charge in [0.1, 0.15) is 5.75 Å². The normalized spacial score (nSPS) is 11.7. The van der Waals surface area contributed by atoms with E-state index < -0.39 is 6.04 Å². The average molecular weight is 347 g/mol. The number of amides is 1. The van der Waals surface area contributed by atoms with Crippen LogP contribution in [0.25, 0.3) is 0 Å². The summed E-state index contributed by atoms with van der Waals surface area (Å²) in [5.74, 6) is 2.20. The van der Waals surface area contributed by atoms with Crippen molar-refractivity contribution in [1.29, 1.82) is 0 Å². The van der Waals surface area contributed by atoms with Gasteiger partial charge in [-0.3, -0.25) is 4.79 Å². The summed E-state index contributed by atoms with van der Waals surface area (Å²) in [6, 6.07) is 6.94. The van der Waals surface area contributed by atoms with Gasteiger partial charge in [-0.2, -0.15) is 11.8 Å². The molecule has 22 heavy (non-hydrogen) atoms. The van der Waals surface area contributed by atoms with E-state index in [1.807, 2.05) is 30.5 Å². The molecule has 0 bridgehead atoms. The predicted octanol–water partition coefficient (Wildman–Crippen LogP) is 3.55. The molecule has 3 N–H and O–H groups in total. The average Bonchev–Trinajstić information content (AvgIpc) is 2.46. The van der Waals surface area contributed by atoms with Crippen molar-refractivity contribution in [2.24, 2.45) is 11.7 Å². The maximum atomic E-state index is 11.9. The van der Waals surface area contributed by atoms with Gasteiger partial charge in [-0.1, -0.05) is 13.8 Å². The summed E-state index contributed by atoms with van der Waals surface area (Å²) in [6.07, 6.45) is 3.72. The Morgan fingerprint density at radius 3 is 2.45 bits per heavy atom. The van der Waals surface area contributed by atoms with Crippen LogP contribution in [0.1, 0.15) is 26.7 Å². The van der Waals surface area contributed by atoms with Crippen LogP contribution in [-0.4, -0.2) is 30.6 Å². The topological polar surface area (TPSA) is 64.4 Å². The van der Waals surface area contributed by atoms with E-state index in [1.165, 1.54) is 0 Å². The first-order valence-corrected chi connectivity index (χ1v) is 8.70. The molecular weight excluding hydrogens is 320 g/mol. The lowest BCUT2D eigenvalue weighted by atomic mass is 10.1. The number of halogens is 1. The number of ether oxygens (including phenoxy) is 1. The molecule has 6 heteroatoms. The lowest BCUT2D eigenvalue weighted by Crippen LogP contribution is -2.36. The standard InChI is InChI=1S/C16H26N2O2S.ClH/c1-12(2)8-10-20-14-6-4-13(5-7-14)18-16(19)15(17)9-11-21-3;/h4-7,12,15H,8-11,17H2,1-3H3,(H,18,19);1H/t15-;/m0./s1. The minimum absolute atomic E-state index is 0. The van der Waals surface area contributed by atoms with E-state index in [4.69, 9.17) is 10.5 Å². The third-order valence-electron chi connectivity index (χ3n) is 3.06. The molecule has 1 aromatic rings. The first-order chi connectivity index (χ1) is 10.0. The first kappa shape index (κ1) is 21.1. The SMILES string of the molecule is CSCC[C@H](N)C(=O)Nc1ccc(OCCC(C)C)cc1.Cl. The molecule has 0 saturated heterocycles. The number of thioether (sulfide) groups is 1. The van der Waals surface area contributed by atoms with Crippen LogP contribution in [-0.2, 0) is 4.79 Å². The Hall–Kier alpha value is -0.910. The van der Waals surface area contributed by atoms with Crippen molar-refractivity contribution in [2.75, 3.05) is 23.9 Å². The molecule has 0 unspecified atom stereocenters. The highest BCUT2D eigenvalue weighted by Crippen LogP contribution is 2.16. The van der Waals surface area contributed by atoms with E-state index in [9.17, 15) is 4.79 Å². The van der Waals surface area contributed by atoms with E-state index >= 15 is 0 Å². The Morgan fingerprint density at radius 2 is 1.91 bits per heavy atom. The quantitative estimate of drug-likeness (QED) is 0.717. The Bertz CT molecular complexity index is 427. The predicted molar refractivity (Wildman–Crippen MR) is 98.2 cm³/mol. The van der Waals surface area contributed by atoms with Gasteiger partial charge in [0.2, 0.25) is 5.91 Å². The molecule has 0 fully saturated rings. The Kier molecular flexibility index (Phi) is 11.1. The van der Waals surface area contributed by atoms with E-state index in [2.05, 4.69) is 19.2 Å². The molecular formula is C16H27ClN2O2S. The first-order valence-electron chi connectivity index (χ1n) is 7.31. The zero-order chi connectivity index (χ0) is 15.7. The second-order valence-electron chi connectivity index (χ2n) is 5.43. The molecule has 0 spiro atoms. The molecule has 4 nitrogen and oxygen atoms in total. The molecule has 0 radical (unpaired) electrons. The molecule has 0 aliphatic rings. The van der Waals surface area contributed by atoms with Crippen molar-refractivity contribution in [3.8, 4) is 5.75 Å². The van der Waals surface area contributed by atoms with Crippen molar-refractivity contribution in [1.82, 2.24) is 0 Å². The third-order valence-corrected chi connectivity index (χ3v) is 3.70. The zero-order valence-electron chi connectivity index (χ0n) is 13.5. The lowest BCUT2D eigenvalue weighted by Gasteiger charge is -2.12. The zero-order valence-corrected chi connectivity index (χ0v) is 15.1. The van der Waals surface area contributed by atoms with Crippen LogP contribution in [0.5, 0.6) is 5.75 Å². The Morgan fingerprint density at radius 1 is 1.27 bits per heavy atom. The number of nitrogens with two attached hydrogens (primary N) is 1. The Labute approximate surface area is 144 Å².